The van der Waals surface area contributed by atoms with Gasteiger partial charge in [0.25, 0.3) is 0 Å². The van der Waals surface area contributed by atoms with E-state index in [-0.39, 0.29) is 29.1 Å². The number of hydrogen-bond donors (Lipinski definition) is 3. The second-order valence-electron chi connectivity index (χ2n) is 7.51. The van der Waals surface area contributed by atoms with E-state index in [9.17, 15) is 14.0 Å². The van der Waals surface area contributed by atoms with Gasteiger partial charge in [-0.05, 0) is 48.9 Å². The van der Waals surface area contributed by atoms with Gasteiger partial charge in [0.15, 0.2) is 5.82 Å². The molecule has 154 valence electrons. The summed E-state index contributed by atoms with van der Waals surface area (Å²) < 4.78 is 14.5. The molecule has 4 rings (SSSR count). The fourth-order valence-electron chi connectivity index (χ4n) is 3.78. The zero-order valence-electron chi connectivity index (χ0n) is 16.3. The molecule has 4 N–H and O–H groups in total. The highest BCUT2D eigenvalue weighted by molar-refractivity contribution is 5.76. The van der Waals surface area contributed by atoms with Crippen molar-refractivity contribution in [1.82, 2.24) is 15.0 Å². The van der Waals surface area contributed by atoms with E-state index in [0.717, 1.165) is 43.0 Å². The Hall–Kier alpha value is -3.55. The van der Waals surface area contributed by atoms with Crippen molar-refractivity contribution in [2.75, 3.05) is 5.32 Å². The smallest absolute Gasteiger partial charge is 0.247 e. The maximum Gasteiger partial charge on any atom is 0.247 e. The molecule has 2 aromatic heterocycles. The summed E-state index contributed by atoms with van der Waals surface area (Å²) >= 11 is 0. The molecule has 0 atom stereocenters. The zero-order valence-corrected chi connectivity index (χ0v) is 16.3. The minimum Gasteiger partial charge on any atom is -0.369 e. The molecule has 0 aliphatic heterocycles. The molecule has 1 saturated carbocycles. The molecule has 1 aliphatic rings. The SMILES string of the molecule is NC(=O)C1CCC(Nc2ncc(F)c(-c3cccc(-c4ccc(=O)[nH]c4)c3)n2)CC1. The van der Waals surface area contributed by atoms with E-state index >= 15 is 0 Å². The lowest BCUT2D eigenvalue weighted by molar-refractivity contribution is -0.122. The lowest BCUT2D eigenvalue weighted by Crippen LogP contribution is -2.32. The quantitative estimate of drug-likeness (QED) is 0.601. The van der Waals surface area contributed by atoms with Crippen LogP contribution in [-0.2, 0) is 4.79 Å². The number of carbonyl (C=O) groups is 1. The van der Waals surface area contributed by atoms with Crippen molar-refractivity contribution in [2.45, 2.75) is 31.7 Å². The van der Waals surface area contributed by atoms with Crippen molar-refractivity contribution in [3.63, 3.8) is 0 Å². The first-order valence-corrected chi connectivity index (χ1v) is 9.87. The standard InChI is InChI=1S/C22H22FN5O2/c23-18-12-26-22(27-17-7-4-13(5-8-17)21(24)30)28-20(18)15-3-1-2-14(10-15)16-6-9-19(29)25-11-16/h1-3,6,9-13,17H,4-5,7-8H2,(H2,24,30)(H,25,29)(H,26,27,28). The van der Waals surface area contributed by atoms with E-state index < -0.39 is 5.82 Å². The maximum atomic E-state index is 14.5. The second kappa shape index (κ2) is 8.44. The van der Waals surface area contributed by atoms with Crippen molar-refractivity contribution in [1.29, 1.82) is 0 Å². The summed E-state index contributed by atoms with van der Waals surface area (Å²) in [7, 11) is 0. The third kappa shape index (κ3) is 4.37. The minimum atomic E-state index is -0.517. The number of hydrogen-bond acceptors (Lipinski definition) is 5. The number of carbonyl (C=O) groups excluding carboxylic acids is 1. The first-order valence-electron chi connectivity index (χ1n) is 9.87. The van der Waals surface area contributed by atoms with E-state index in [2.05, 4.69) is 20.3 Å². The van der Waals surface area contributed by atoms with Crippen molar-refractivity contribution >= 4 is 11.9 Å². The average molecular weight is 407 g/mol. The lowest BCUT2D eigenvalue weighted by Gasteiger charge is -2.27. The normalized spacial score (nSPS) is 18.7. The third-order valence-corrected chi connectivity index (χ3v) is 5.46. The molecule has 1 aromatic carbocycles. The van der Waals surface area contributed by atoms with Gasteiger partial charge in [0.2, 0.25) is 17.4 Å². The summed E-state index contributed by atoms with van der Waals surface area (Å²) in [6, 6.07) is 10.6. The number of nitrogens with one attached hydrogen (secondary N) is 2. The maximum absolute atomic E-state index is 14.5. The molecule has 7 nitrogen and oxygen atoms in total. The van der Waals surface area contributed by atoms with Gasteiger partial charge in [-0.2, -0.15) is 0 Å². The fraction of sp³-hybridized carbons (Fsp3) is 0.273. The molecule has 1 amide bonds. The highest BCUT2D eigenvalue weighted by Crippen LogP contribution is 2.28. The van der Waals surface area contributed by atoms with Crippen LogP contribution in [0.15, 0.2) is 53.6 Å². The Balaban J connectivity index is 1.55. The van der Waals surface area contributed by atoms with Gasteiger partial charge in [-0.25, -0.2) is 14.4 Å². The van der Waals surface area contributed by atoms with Crippen molar-refractivity contribution in [2.24, 2.45) is 11.7 Å². The molecule has 0 radical (unpaired) electrons. The molecule has 0 saturated heterocycles. The van der Waals surface area contributed by atoms with Crippen LogP contribution in [0, 0.1) is 11.7 Å². The summed E-state index contributed by atoms with van der Waals surface area (Å²) in [6.07, 6.45) is 5.79. The summed E-state index contributed by atoms with van der Waals surface area (Å²) in [4.78, 5) is 33.7. The largest absolute Gasteiger partial charge is 0.369 e. The first kappa shape index (κ1) is 19.8. The molecule has 30 heavy (non-hydrogen) atoms. The van der Waals surface area contributed by atoms with Crippen molar-refractivity contribution in [3.8, 4) is 22.4 Å². The Kier molecular flexibility index (Phi) is 5.56. The van der Waals surface area contributed by atoms with E-state index in [4.69, 9.17) is 5.73 Å². The molecule has 1 fully saturated rings. The van der Waals surface area contributed by atoms with Crippen LogP contribution in [0.25, 0.3) is 22.4 Å². The van der Waals surface area contributed by atoms with Gasteiger partial charge >= 0.3 is 0 Å². The fourth-order valence-corrected chi connectivity index (χ4v) is 3.78. The topological polar surface area (TPSA) is 114 Å². The number of rotatable bonds is 5. The van der Waals surface area contributed by atoms with Gasteiger partial charge in [-0.1, -0.05) is 18.2 Å². The number of pyridine rings is 1. The van der Waals surface area contributed by atoms with E-state index in [1.54, 1.807) is 18.3 Å². The number of halogens is 1. The molecule has 0 unspecified atom stereocenters. The zero-order chi connectivity index (χ0) is 21.1. The monoisotopic (exact) mass is 407 g/mol. The Labute approximate surface area is 172 Å². The average Bonchev–Trinajstić information content (AvgIpc) is 2.76. The third-order valence-electron chi connectivity index (χ3n) is 5.46. The van der Waals surface area contributed by atoms with Gasteiger partial charge in [-0.15, -0.1) is 0 Å². The number of amides is 1. The highest BCUT2D eigenvalue weighted by atomic mass is 19.1. The van der Waals surface area contributed by atoms with Crippen LogP contribution < -0.4 is 16.6 Å². The predicted molar refractivity (Wildman–Crippen MR) is 112 cm³/mol. The van der Waals surface area contributed by atoms with Gasteiger partial charge < -0.3 is 16.0 Å². The van der Waals surface area contributed by atoms with Crippen LogP contribution in [0.3, 0.4) is 0 Å². The van der Waals surface area contributed by atoms with Gasteiger partial charge in [0, 0.05) is 29.8 Å². The summed E-state index contributed by atoms with van der Waals surface area (Å²) in [6.45, 7) is 0. The molecular weight excluding hydrogens is 385 g/mol. The van der Waals surface area contributed by atoms with Gasteiger partial charge in [-0.3, -0.25) is 9.59 Å². The van der Waals surface area contributed by atoms with Crippen LogP contribution in [0.1, 0.15) is 25.7 Å². The van der Waals surface area contributed by atoms with Crippen LogP contribution in [0.5, 0.6) is 0 Å². The van der Waals surface area contributed by atoms with Gasteiger partial charge in [0.05, 0.1) is 6.20 Å². The Morgan fingerprint density at radius 2 is 1.87 bits per heavy atom. The molecular formula is C22H22FN5O2. The minimum absolute atomic E-state index is 0.0802. The van der Waals surface area contributed by atoms with Gasteiger partial charge in [0.1, 0.15) is 5.69 Å². The van der Waals surface area contributed by atoms with Crippen molar-refractivity contribution in [3.05, 3.63) is 65.0 Å². The number of aromatic amines is 1. The highest BCUT2D eigenvalue weighted by Gasteiger charge is 2.25. The van der Waals surface area contributed by atoms with E-state index in [1.165, 1.54) is 6.07 Å². The van der Waals surface area contributed by atoms with E-state index in [1.807, 2.05) is 18.2 Å². The molecule has 8 heteroatoms. The van der Waals surface area contributed by atoms with E-state index in [0.29, 0.717) is 11.5 Å². The predicted octanol–water partition coefficient (Wildman–Crippen LogP) is 3.09. The molecule has 0 bridgehead atoms. The Morgan fingerprint density at radius 1 is 1.10 bits per heavy atom. The van der Waals surface area contributed by atoms with Crippen LogP contribution in [0.4, 0.5) is 10.3 Å². The van der Waals surface area contributed by atoms with Crippen LogP contribution in [0.2, 0.25) is 0 Å². The number of H-pyrrole nitrogens is 1. The summed E-state index contributed by atoms with van der Waals surface area (Å²) in [5, 5.41) is 3.25. The molecule has 0 spiro atoms. The lowest BCUT2D eigenvalue weighted by atomic mass is 9.86. The summed E-state index contributed by atoms with van der Waals surface area (Å²) in [5.41, 5.74) is 7.66. The second-order valence-corrected chi connectivity index (χ2v) is 7.51. The number of benzene rings is 1. The Morgan fingerprint density at radius 3 is 2.57 bits per heavy atom. The summed E-state index contributed by atoms with van der Waals surface area (Å²) in [5.74, 6) is -0.500. The Bertz CT molecular complexity index is 1100. The van der Waals surface area contributed by atoms with Crippen LogP contribution in [-0.4, -0.2) is 26.9 Å². The first-order chi connectivity index (χ1) is 14.5. The molecule has 3 aromatic rings. The molecule has 1 aliphatic carbocycles. The molecule has 2 heterocycles. The number of aromatic nitrogens is 3. The number of anilines is 1. The number of nitrogens with zero attached hydrogens (tertiary/aromatic N) is 2. The van der Waals surface area contributed by atoms with Crippen molar-refractivity contribution < 1.29 is 9.18 Å². The van der Waals surface area contributed by atoms with Crippen LogP contribution >= 0.6 is 0 Å². The number of nitrogens with two attached hydrogens (primary N) is 1. The number of primary amides is 1.